The zero-order valence-electron chi connectivity index (χ0n) is 13.0. The molecular formula is C17H27ClN2. The normalized spacial score (nSPS) is 23.1. The second-order valence-electron chi connectivity index (χ2n) is 6.14. The Bertz CT molecular complexity index is 433. The van der Waals surface area contributed by atoms with Crippen LogP contribution in [0.1, 0.15) is 39.2 Å². The highest BCUT2D eigenvalue weighted by Gasteiger charge is 2.23. The van der Waals surface area contributed by atoms with Gasteiger partial charge in [0.15, 0.2) is 0 Å². The summed E-state index contributed by atoms with van der Waals surface area (Å²) in [5, 5.41) is 4.29. The molecule has 1 aliphatic heterocycles. The molecular weight excluding hydrogens is 268 g/mol. The van der Waals surface area contributed by atoms with E-state index >= 15 is 0 Å². The van der Waals surface area contributed by atoms with Crippen LogP contribution in [0.25, 0.3) is 0 Å². The van der Waals surface area contributed by atoms with Crippen molar-refractivity contribution in [1.29, 1.82) is 0 Å². The van der Waals surface area contributed by atoms with Crippen LogP contribution in [-0.4, -0.2) is 19.6 Å². The van der Waals surface area contributed by atoms with Gasteiger partial charge >= 0.3 is 0 Å². The molecule has 1 heterocycles. The van der Waals surface area contributed by atoms with Gasteiger partial charge in [0.1, 0.15) is 0 Å². The van der Waals surface area contributed by atoms with E-state index in [0.29, 0.717) is 0 Å². The van der Waals surface area contributed by atoms with Gasteiger partial charge in [0, 0.05) is 30.3 Å². The van der Waals surface area contributed by atoms with Crippen LogP contribution in [0.3, 0.4) is 0 Å². The van der Waals surface area contributed by atoms with Crippen molar-refractivity contribution in [1.82, 2.24) is 5.32 Å². The minimum Gasteiger partial charge on any atom is -0.371 e. The number of halogens is 1. The lowest BCUT2D eigenvalue weighted by atomic mass is 9.88. The van der Waals surface area contributed by atoms with Gasteiger partial charge in [-0.3, -0.25) is 0 Å². The van der Waals surface area contributed by atoms with Gasteiger partial charge in [-0.15, -0.1) is 0 Å². The largest absolute Gasteiger partial charge is 0.371 e. The van der Waals surface area contributed by atoms with E-state index in [1.165, 1.54) is 17.7 Å². The first-order chi connectivity index (χ1) is 9.61. The van der Waals surface area contributed by atoms with E-state index in [0.717, 1.165) is 49.5 Å². The van der Waals surface area contributed by atoms with Crippen molar-refractivity contribution in [3.8, 4) is 0 Å². The summed E-state index contributed by atoms with van der Waals surface area (Å²) in [5.74, 6) is 1.59. The van der Waals surface area contributed by atoms with Crippen LogP contribution in [0, 0.1) is 11.8 Å². The fourth-order valence-corrected chi connectivity index (χ4v) is 3.02. The van der Waals surface area contributed by atoms with Crippen LogP contribution in [-0.2, 0) is 6.54 Å². The molecule has 1 fully saturated rings. The Morgan fingerprint density at radius 3 is 2.75 bits per heavy atom. The molecule has 0 saturated carbocycles. The third-order valence-corrected chi connectivity index (χ3v) is 4.83. The number of benzene rings is 1. The zero-order chi connectivity index (χ0) is 14.5. The van der Waals surface area contributed by atoms with Gasteiger partial charge in [-0.1, -0.05) is 38.4 Å². The van der Waals surface area contributed by atoms with E-state index in [9.17, 15) is 0 Å². The predicted octanol–water partition coefficient (Wildman–Crippen LogP) is 4.32. The maximum absolute atomic E-state index is 6.43. The van der Waals surface area contributed by atoms with Crippen LogP contribution >= 0.6 is 11.6 Å². The van der Waals surface area contributed by atoms with Crippen LogP contribution in [0.15, 0.2) is 18.2 Å². The van der Waals surface area contributed by atoms with E-state index in [-0.39, 0.29) is 0 Å². The number of piperidine rings is 1. The molecule has 1 saturated heterocycles. The van der Waals surface area contributed by atoms with E-state index in [4.69, 9.17) is 11.6 Å². The van der Waals surface area contributed by atoms with Crippen LogP contribution in [0.4, 0.5) is 5.69 Å². The molecule has 0 bridgehead atoms. The first-order valence-electron chi connectivity index (χ1n) is 7.86. The third kappa shape index (κ3) is 3.89. The Balaban J connectivity index is 2.01. The van der Waals surface area contributed by atoms with Crippen molar-refractivity contribution in [2.24, 2.45) is 11.8 Å². The molecule has 0 aromatic heterocycles. The van der Waals surface area contributed by atoms with Crippen LogP contribution < -0.4 is 10.2 Å². The summed E-state index contributed by atoms with van der Waals surface area (Å²) in [4.78, 5) is 2.47. The molecule has 0 aliphatic carbocycles. The Labute approximate surface area is 128 Å². The number of nitrogens with one attached hydrogen (secondary N) is 1. The first kappa shape index (κ1) is 15.7. The smallest absolute Gasteiger partial charge is 0.0471 e. The van der Waals surface area contributed by atoms with E-state index in [1.54, 1.807) is 0 Å². The molecule has 1 N–H and O–H groups in total. The molecule has 3 heteroatoms. The lowest BCUT2D eigenvalue weighted by Crippen LogP contribution is -2.38. The van der Waals surface area contributed by atoms with Gasteiger partial charge in [-0.05, 0) is 48.9 Å². The molecule has 2 rings (SSSR count). The summed E-state index contributed by atoms with van der Waals surface area (Å²) >= 11 is 6.43. The Kier molecular flexibility index (Phi) is 5.74. The number of hydrogen-bond acceptors (Lipinski definition) is 2. The minimum absolute atomic E-state index is 0.758. The molecule has 112 valence electrons. The molecule has 1 aliphatic rings. The third-order valence-electron chi connectivity index (χ3n) is 4.48. The number of nitrogens with zero attached hydrogens (tertiary/aromatic N) is 1. The second kappa shape index (κ2) is 7.33. The lowest BCUT2D eigenvalue weighted by molar-refractivity contribution is 0.324. The summed E-state index contributed by atoms with van der Waals surface area (Å²) in [7, 11) is 0. The Morgan fingerprint density at radius 1 is 1.30 bits per heavy atom. The molecule has 0 radical (unpaired) electrons. The predicted molar refractivity (Wildman–Crippen MR) is 88.6 cm³/mol. The number of hydrogen-bond donors (Lipinski definition) is 1. The van der Waals surface area contributed by atoms with Crippen molar-refractivity contribution in [2.75, 3.05) is 24.5 Å². The van der Waals surface area contributed by atoms with Crippen molar-refractivity contribution >= 4 is 17.3 Å². The number of anilines is 1. The van der Waals surface area contributed by atoms with E-state index in [2.05, 4.69) is 49.2 Å². The maximum Gasteiger partial charge on any atom is 0.0471 e. The molecule has 2 atom stereocenters. The molecule has 2 unspecified atom stereocenters. The average molecular weight is 295 g/mol. The fraction of sp³-hybridized carbons (Fsp3) is 0.647. The van der Waals surface area contributed by atoms with Crippen molar-refractivity contribution in [2.45, 2.75) is 40.2 Å². The van der Waals surface area contributed by atoms with Gasteiger partial charge < -0.3 is 10.2 Å². The molecule has 1 aromatic rings. The van der Waals surface area contributed by atoms with Crippen molar-refractivity contribution in [3.63, 3.8) is 0 Å². The standard InChI is InChI=1S/C17H27ClN2/c1-4-8-19-11-15-5-6-16(10-17(15)18)20-9-7-13(2)14(3)12-20/h5-6,10,13-14,19H,4,7-9,11-12H2,1-3H3. The van der Waals surface area contributed by atoms with Gasteiger partial charge in [-0.2, -0.15) is 0 Å². The second-order valence-corrected chi connectivity index (χ2v) is 6.55. The SMILES string of the molecule is CCCNCc1ccc(N2CCC(C)C(C)C2)cc1Cl. The van der Waals surface area contributed by atoms with E-state index in [1.807, 2.05) is 0 Å². The summed E-state index contributed by atoms with van der Waals surface area (Å²) < 4.78 is 0. The van der Waals surface area contributed by atoms with Gasteiger partial charge in [0.2, 0.25) is 0 Å². The quantitative estimate of drug-likeness (QED) is 0.814. The molecule has 20 heavy (non-hydrogen) atoms. The minimum atomic E-state index is 0.758. The first-order valence-corrected chi connectivity index (χ1v) is 8.23. The van der Waals surface area contributed by atoms with Crippen molar-refractivity contribution in [3.05, 3.63) is 28.8 Å². The summed E-state index contributed by atoms with van der Waals surface area (Å²) in [6.45, 7) is 11.1. The summed E-state index contributed by atoms with van der Waals surface area (Å²) in [6, 6.07) is 6.52. The van der Waals surface area contributed by atoms with Crippen LogP contribution in [0.5, 0.6) is 0 Å². The highest BCUT2D eigenvalue weighted by Crippen LogP contribution is 2.29. The van der Waals surface area contributed by atoms with Gasteiger partial charge in [-0.25, -0.2) is 0 Å². The van der Waals surface area contributed by atoms with Gasteiger partial charge in [0.25, 0.3) is 0 Å². The highest BCUT2D eigenvalue weighted by atomic mass is 35.5. The van der Waals surface area contributed by atoms with Crippen LogP contribution in [0.2, 0.25) is 5.02 Å². The molecule has 0 spiro atoms. The molecule has 2 nitrogen and oxygen atoms in total. The Hall–Kier alpha value is -0.730. The number of rotatable bonds is 5. The Morgan fingerprint density at radius 2 is 2.10 bits per heavy atom. The van der Waals surface area contributed by atoms with E-state index < -0.39 is 0 Å². The summed E-state index contributed by atoms with van der Waals surface area (Å²) in [5.41, 5.74) is 2.47. The lowest BCUT2D eigenvalue weighted by Gasteiger charge is -2.37. The fourth-order valence-electron chi connectivity index (χ4n) is 2.77. The monoisotopic (exact) mass is 294 g/mol. The van der Waals surface area contributed by atoms with Gasteiger partial charge in [0.05, 0.1) is 0 Å². The zero-order valence-corrected chi connectivity index (χ0v) is 13.7. The molecule has 0 amide bonds. The molecule has 1 aromatic carbocycles. The topological polar surface area (TPSA) is 15.3 Å². The van der Waals surface area contributed by atoms with Crippen molar-refractivity contribution < 1.29 is 0 Å². The highest BCUT2D eigenvalue weighted by molar-refractivity contribution is 6.31. The maximum atomic E-state index is 6.43. The summed E-state index contributed by atoms with van der Waals surface area (Å²) in [6.07, 6.45) is 2.43. The average Bonchev–Trinajstić information content (AvgIpc) is 2.44.